The Labute approximate surface area is 546 Å². The molecule has 0 unspecified atom stereocenters. The topological polar surface area (TPSA) is 59.5 Å². The lowest BCUT2D eigenvalue weighted by atomic mass is 9.98. The zero-order valence-electron chi connectivity index (χ0n) is 51.9. The summed E-state index contributed by atoms with van der Waals surface area (Å²) in [6.45, 7) is 4.12. The van der Waals surface area contributed by atoms with Crippen molar-refractivity contribution in [1.29, 1.82) is 5.26 Å². The molecule has 0 amide bonds. The minimum Gasteiger partial charge on any atom is -0.310 e. The van der Waals surface area contributed by atoms with Gasteiger partial charge in [0.25, 0.3) is 0 Å². The van der Waals surface area contributed by atoms with Crippen molar-refractivity contribution >= 4 is 112 Å². The Morgan fingerprint density at radius 2 is 0.521 bits per heavy atom. The molecule has 16 rings (SSSR count). The van der Waals surface area contributed by atoms with Crippen LogP contribution in [0, 0.1) is 25.2 Å². The van der Waals surface area contributed by atoms with Crippen molar-refractivity contribution in [3.8, 4) is 28.6 Å². The molecule has 8 heteroatoms. The first-order valence-electron chi connectivity index (χ1n) is 31.7. The van der Waals surface area contributed by atoms with Crippen LogP contribution in [0.4, 0.5) is 68.2 Å². The maximum atomic E-state index is 12.4. The van der Waals surface area contributed by atoms with E-state index < -0.39 is 0 Å². The van der Waals surface area contributed by atoms with Crippen molar-refractivity contribution in [1.82, 2.24) is 14.1 Å². The summed E-state index contributed by atoms with van der Waals surface area (Å²) in [7, 11) is 0. The summed E-state index contributed by atoms with van der Waals surface area (Å²) in [5.74, 6) is 0. The lowest BCUT2D eigenvalue weighted by Crippen LogP contribution is -2.10. The number of nitrogens with zero attached hydrogens (tertiary/aromatic N) is 8. The average Bonchev–Trinajstić information content (AvgIpc) is 1.55. The molecule has 16 aromatic rings. The van der Waals surface area contributed by atoms with Gasteiger partial charge in [-0.1, -0.05) is 152 Å². The van der Waals surface area contributed by atoms with Crippen molar-refractivity contribution in [2.75, 3.05) is 19.6 Å². The maximum Gasteiger partial charge on any atom is 0.104 e. The number of benzene rings is 13. The van der Waals surface area contributed by atoms with Gasteiger partial charge in [0.2, 0.25) is 0 Å². The molecule has 0 radical (unpaired) electrons. The molecule has 3 heterocycles. The third-order valence-corrected chi connectivity index (χ3v) is 17.8. The molecule has 0 saturated heterocycles. The zero-order valence-corrected chi connectivity index (χ0v) is 51.9. The van der Waals surface area contributed by atoms with E-state index in [1.165, 1.54) is 0 Å². The molecule has 0 N–H and O–H groups in total. The lowest BCUT2D eigenvalue weighted by molar-refractivity contribution is 1.11. The Bertz CT molecular complexity index is 4710. The molecule has 0 aliphatic carbocycles. The van der Waals surface area contributed by atoms with E-state index in [1.807, 2.05) is 6.92 Å². The van der Waals surface area contributed by atoms with Crippen LogP contribution in [-0.4, -0.2) is 14.1 Å². The second-order valence-corrected chi connectivity index (χ2v) is 23.6. The van der Waals surface area contributed by atoms with Crippen LogP contribution in [0.2, 0.25) is 0 Å². The molecule has 446 valence electrons. The number of hydrogen-bond acceptors (Lipinski definition) is 6. The Morgan fingerprint density at radius 3 is 0.745 bits per heavy atom. The van der Waals surface area contributed by atoms with E-state index in [0.29, 0.717) is 5.56 Å². The fourth-order valence-corrected chi connectivity index (χ4v) is 13.7. The summed E-state index contributed by atoms with van der Waals surface area (Å²) in [6, 6.07) is 123. The van der Waals surface area contributed by atoms with Gasteiger partial charge in [0.05, 0.1) is 33.4 Å². The van der Waals surface area contributed by atoms with Gasteiger partial charge in [0, 0.05) is 107 Å². The van der Waals surface area contributed by atoms with Gasteiger partial charge in [-0.2, -0.15) is 5.26 Å². The summed E-state index contributed by atoms with van der Waals surface area (Å²) in [5.41, 5.74) is 21.8. The Hall–Kier alpha value is -12.7. The monoisotopic (exact) mass is 1210 g/mol. The van der Waals surface area contributed by atoms with E-state index in [2.05, 4.69) is 381 Å². The van der Waals surface area contributed by atoms with Crippen molar-refractivity contribution in [3.05, 3.63) is 357 Å². The van der Waals surface area contributed by atoms with Crippen LogP contribution in [0.15, 0.2) is 340 Å². The minimum absolute atomic E-state index is 0.510. The third-order valence-electron chi connectivity index (χ3n) is 17.8. The smallest absolute Gasteiger partial charge is 0.104 e. The zero-order chi connectivity index (χ0) is 63.1. The quantitative estimate of drug-likeness (QED) is 0.102. The number of nitriles is 1. The fraction of sp³-hybridized carbons (Fsp3) is 0.0233. The van der Waals surface area contributed by atoms with Crippen molar-refractivity contribution in [2.45, 2.75) is 13.8 Å². The summed E-state index contributed by atoms with van der Waals surface area (Å²) in [5, 5.41) is 16.5. The van der Waals surface area contributed by atoms with E-state index >= 15 is 0 Å². The summed E-state index contributed by atoms with van der Waals surface area (Å²) in [6.07, 6.45) is 0. The van der Waals surface area contributed by atoms with Gasteiger partial charge < -0.3 is 28.7 Å². The van der Waals surface area contributed by atoms with Gasteiger partial charge in [-0.15, -0.1) is 0 Å². The largest absolute Gasteiger partial charge is 0.310 e. The van der Waals surface area contributed by atoms with Crippen molar-refractivity contribution in [3.63, 3.8) is 0 Å². The number of para-hydroxylation sites is 8. The molecule has 3 aromatic heterocycles. The van der Waals surface area contributed by atoms with Crippen LogP contribution in [-0.2, 0) is 0 Å². The van der Waals surface area contributed by atoms with Crippen LogP contribution in [0.3, 0.4) is 0 Å². The summed E-state index contributed by atoms with van der Waals surface area (Å²) >= 11 is 0. The molecular weight excluding hydrogens is 1150 g/mol. The minimum atomic E-state index is 0.510. The second kappa shape index (κ2) is 24.3. The van der Waals surface area contributed by atoms with E-state index in [0.717, 1.165) is 146 Å². The number of rotatable bonds is 15. The molecule has 0 aliphatic heterocycles. The van der Waals surface area contributed by atoms with Crippen molar-refractivity contribution in [2.24, 2.45) is 0 Å². The van der Waals surface area contributed by atoms with Gasteiger partial charge in [-0.25, -0.2) is 0 Å². The maximum absolute atomic E-state index is 12.4. The number of anilines is 12. The molecule has 13 aromatic carbocycles. The fourth-order valence-electron chi connectivity index (χ4n) is 13.7. The highest BCUT2D eigenvalue weighted by Crippen LogP contribution is 2.48. The number of pyridine rings is 1. The third kappa shape index (κ3) is 10.2. The predicted molar refractivity (Wildman–Crippen MR) is 391 cm³/mol. The number of aryl methyl sites for hydroxylation is 2. The highest BCUT2D eigenvalue weighted by atomic mass is 15.2. The Balaban J connectivity index is 0.998. The molecule has 0 saturated carbocycles. The molecule has 0 spiro atoms. The van der Waals surface area contributed by atoms with E-state index in [1.54, 1.807) is 0 Å². The molecule has 94 heavy (non-hydrogen) atoms. The second-order valence-electron chi connectivity index (χ2n) is 23.6. The molecule has 0 fully saturated rings. The average molecular weight is 1210 g/mol. The number of aromatic nitrogens is 3. The molecule has 0 atom stereocenters. The van der Waals surface area contributed by atoms with Crippen LogP contribution >= 0.6 is 0 Å². The molecular formula is C86H62N8. The van der Waals surface area contributed by atoms with Gasteiger partial charge in [-0.05, 0) is 207 Å². The van der Waals surface area contributed by atoms with E-state index in [4.69, 9.17) is 4.98 Å². The normalized spacial score (nSPS) is 11.3. The Kier molecular flexibility index (Phi) is 14.6. The van der Waals surface area contributed by atoms with Crippen LogP contribution < -0.4 is 19.6 Å². The standard InChI is InChI=1S/C86H62N8/c1-60-43-48-75(61(2)88-60)62-53-85(93-81-49-44-71(89(63-27-11-3-12-28-63)64-29-13-4-14-30-64)55-76(81)77-56-72(45-50-82(77)93)90(65-31-15-5-16-32-65)66-33-17-6-18-34-66)80(59-87)86(54-62)94-83-51-46-73(91(67-35-19-7-20-36-67)68-37-21-8-22-38-68)57-78(83)79-58-74(47-52-84(79)94)92(69-39-23-9-24-40-69)70-41-25-10-26-42-70/h3-58H,1-2H3. The first-order chi connectivity index (χ1) is 46.4. The number of fused-ring (bicyclic) bond motifs is 6. The summed E-state index contributed by atoms with van der Waals surface area (Å²) in [4.78, 5) is 14.3. The van der Waals surface area contributed by atoms with Gasteiger partial charge in [0.15, 0.2) is 0 Å². The lowest BCUT2D eigenvalue weighted by Gasteiger charge is -2.26. The van der Waals surface area contributed by atoms with Gasteiger partial charge >= 0.3 is 0 Å². The SMILES string of the molecule is Cc1ccc(-c2cc(-n3c4ccc(N(c5ccccc5)c5ccccc5)cc4c4cc(N(c5ccccc5)c5ccccc5)ccc43)c(C#N)c(-n3c4ccc(N(c5ccccc5)c5ccccc5)cc4c4cc(N(c5ccccc5)c5ccccc5)ccc43)c2)c(C)n1. The van der Waals surface area contributed by atoms with Crippen LogP contribution in [0.1, 0.15) is 17.0 Å². The van der Waals surface area contributed by atoms with Crippen molar-refractivity contribution < 1.29 is 0 Å². The van der Waals surface area contributed by atoms with Gasteiger partial charge in [0.1, 0.15) is 11.6 Å². The van der Waals surface area contributed by atoms with Crippen LogP contribution in [0.25, 0.3) is 66.1 Å². The highest BCUT2D eigenvalue weighted by Gasteiger charge is 2.27. The first-order valence-corrected chi connectivity index (χ1v) is 31.7. The van der Waals surface area contributed by atoms with Crippen LogP contribution in [0.5, 0.6) is 0 Å². The van der Waals surface area contributed by atoms with E-state index in [-0.39, 0.29) is 0 Å². The predicted octanol–water partition coefficient (Wildman–Crippen LogP) is 23.3. The highest BCUT2D eigenvalue weighted by molar-refractivity contribution is 6.14. The number of hydrogen-bond donors (Lipinski definition) is 0. The van der Waals surface area contributed by atoms with E-state index in [9.17, 15) is 5.26 Å². The Morgan fingerprint density at radius 1 is 0.277 bits per heavy atom. The molecule has 8 nitrogen and oxygen atoms in total. The molecule has 0 aliphatic rings. The molecule has 0 bridgehead atoms. The summed E-state index contributed by atoms with van der Waals surface area (Å²) < 4.78 is 4.65. The first kappa shape index (κ1) is 56.5. The van der Waals surface area contributed by atoms with Gasteiger partial charge in [-0.3, -0.25) is 4.98 Å².